The molecule has 18 heavy (non-hydrogen) atoms. The highest BCUT2D eigenvalue weighted by Gasteiger charge is 2.30. The molecule has 0 fully saturated rings. The van der Waals surface area contributed by atoms with Crippen molar-refractivity contribution >= 4 is 5.69 Å². The molecule has 0 saturated heterocycles. The van der Waals surface area contributed by atoms with Crippen molar-refractivity contribution in [2.24, 2.45) is 5.73 Å². The number of halogens is 4. The molecule has 0 radical (unpaired) electrons. The quantitative estimate of drug-likeness (QED) is 0.847. The molecule has 0 amide bonds. The van der Waals surface area contributed by atoms with Crippen molar-refractivity contribution < 1.29 is 17.6 Å². The fourth-order valence-electron chi connectivity index (χ4n) is 1.78. The summed E-state index contributed by atoms with van der Waals surface area (Å²) >= 11 is 0. The predicted octanol–water partition coefficient (Wildman–Crippen LogP) is 2.71. The lowest BCUT2D eigenvalue weighted by molar-refractivity contribution is -0.119. The number of hydrogen-bond acceptors (Lipinski definition) is 2. The molecule has 0 aromatic heterocycles. The highest BCUT2D eigenvalue weighted by molar-refractivity contribution is 5.54. The summed E-state index contributed by atoms with van der Waals surface area (Å²) in [5.74, 6) is -0.529. The lowest BCUT2D eigenvalue weighted by atomic mass is 10.0. The van der Waals surface area contributed by atoms with E-state index in [4.69, 9.17) is 5.73 Å². The largest absolute Gasteiger partial charge is 0.405 e. The van der Waals surface area contributed by atoms with Crippen LogP contribution in [0.25, 0.3) is 0 Å². The standard InChI is InChI=1S/C12H16F4N2/c1-8(17)6-9-10(13)4-3-5-11(9)18(2)7-12(14,15)16/h3-5,8H,6-7,17H2,1-2H3. The Bertz CT molecular complexity index is 402. The summed E-state index contributed by atoms with van der Waals surface area (Å²) < 4.78 is 50.6. The second-order valence-corrected chi connectivity index (χ2v) is 4.39. The minimum Gasteiger partial charge on any atom is -0.365 e. The molecule has 0 aliphatic heterocycles. The summed E-state index contributed by atoms with van der Waals surface area (Å²) in [6, 6.07) is 3.76. The molecule has 6 heteroatoms. The lowest BCUT2D eigenvalue weighted by Crippen LogP contribution is -2.32. The average molecular weight is 264 g/mol. The van der Waals surface area contributed by atoms with Crippen molar-refractivity contribution in [1.29, 1.82) is 0 Å². The van der Waals surface area contributed by atoms with E-state index in [0.29, 0.717) is 0 Å². The van der Waals surface area contributed by atoms with Crippen LogP contribution in [0.4, 0.5) is 23.2 Å². The summed E-state index contributed by atoms with van der Waals surface area (Å²) in [6.07, 6.45) is -4.13. The van der Waals surface area contributed by atoms with Gasteiger partial charge >= 0.3 is 6.18 Å². The molecular weight excluding hydrogens is 248 g/mol. The Morgan fingerprint density at radius 1 is 1.33 bits per heavy atom. The van der Waals surface area contributed by atoms with Crippen LogP contribution < -0.4 is 10.6 Å². The predicted molar refractivity (Wildman–Crippen MR) is 63.1 cm³/mol. The molecule has 0 heterocycles. The van der Waals surface area contributed by atoms with Gasteiger partial charge in [-0.3, -0.25) is 0 Å². The first kappa shape index (κ1) is 14.8. The van der Waals surface area contributed by atoms with Gasteiger partial charge in [0.15, 0.2) is 0 Å². The van der Waals surface area contributed by atoms with Crippen LogP contribution in [-0.4, -0.2) is 25.8 Å². The van der Waals surface area contributed by atoms with Crippen molar-refractivity contribution in [2.75, 3.05) is 18.5 Å². The van der Waals surface area contributed by atoms with E-state index in [-0.39, 0.29) is 23.7 Å². The van der Waals surface area contributed by atoms with Crippen molar-refractivity contribution in [1.82, 2.24) is 0 Å². The van der Waals surface area contributed by atoms with E-state index in [1.807, 2.05) is 0 Å². The summed E-state index contributed by atoms with van der Waals surface area (Å²) in [5, 5.41) is 0. The highest BCUT2D eigenvalue weighted by Crippen LogP contribution is 2.26. The molecule has 0 aliphatic rings. The van der Waals surface area contributed by atoms with Crippen LogP contribution >= 0.6 is 0 Å². The molecule has 2 nitrogen and oxygen atoms in total. The number of nitrogens with two attached hydrogens (primary N) is 1. The first-order valence-corrected chi connectivity index (χ1v) is 5.51. The van der Waals surface area contributed by atoms with E-state index in [9.17, 15) is 17.6 Å². The van der Waals surface area contributed by atoms with Gasteiger partial charge in [-0.1, -0.05) is 6.07 Å². The van der Waals surface area contributed by atoms with Crippen molar-refractivity contribution in [3.63, 3.8) is 0 Å². The van der Waals surface area contributed by atoms with Gasteiger partial charge in [0.25, 0.3) is 0 Å². The Morgan fingerprint density at radius 2 is 1.94 bits per heavy atom. The third kappa shape index (κ3) is 4.18. The highest BCUT2D eigenvalue weighted by atomic mass is 19.4. The van der Waals surface area contributed by atoms with Gasteiger partial charge in [-0.05, 0) is 25.5 Å². The fraction of sp³-hybridized carbons (Fsp3) is 0.500. The molecule has 102 valence electrons. The number of rotatable bonds is 4. The Kier molecular flexibility index (Phi) is 4.56. The van der Waals surface area contributed by atoms with Gasteiger partial charge < -0.3 is 10.6 Å². The second-order valence-electron chi connectivity index (χ2n) is 4.39. The fourth-order valence-corrected chi connectivity index (χ4v) is 1.78. The van der Waals surface area contributed by atoms with Crippen LogP contribution in [0.1, 0.15) is 12.5 Å². The van der Waals surface area contributed by atoms with Crippen LogP contribution in [0.5, 0.6) is 0 Å². The molecule has 0 aliphatic carbocycles. The van der Waals surface area contributed by atoms with E-state index in [1.165, 1.54) is 25.2 Å². The first-order chi connectivity index (χ1) is 8.20. The van der Waals surface area contributed by atoms with E-state index >= 15 is 0 Å². The van der Waals surface area contributed by atoms with Crippen LogP contribution in [0.15, 0.2) is 18.2 Å². The van der Waals surface area contributed by atoms with E-state index < -0.39 is 18.5 Å². The van der Waals surface area contributed by atoms with Gasteiger partial charge in [0.05, 0.1) is 0 Å². The van der Waals surface area contributed by atoms with Crippen LogP contribution in [0, 0.1) is 5.82 Å². The molecule has 1 atom stereocenters. The zero-order valence-electron chi connectivity index (χ0n) is 10.3. The summed E-state index contributed by atoms with van der Waals surface area (Å²) in [5.41, 5.74) is 6.03. The summed E-state index contributed by atoms with van der Waals surface area (Å²) in [6.45, 7) is 0.558. The molecule has 1 aromatic carbocycles. The second kappa shape index (κ2) is 5.56. The van der Waals surface area contributed by atoms with Gasteiger partial charge in [-0.15, -0.1) is 0 Å². The minimum absolute atomic E-state index is 0.199. The molecule has 2 N–H and O–H groups in total. The maximum Gasteiger partial charge on any atom is 0.405 e. The third-order valence-corrected chi connectivity index (χ3v) is 2.45. The average Bonchev–Trinajstić information content (AvgIpc) is 2.17. The zero-order valence-corrected chi connectivity index (χ0v) is 10.3. The molecule has 1 aromatic rings. The van der Waals surface area contributed by atoms with Gasteiger partial charge in [0, 0.05) is 24.3 Å². The van der Waals surface area contributed by atoms with Crippen molar-refractivity contribution in [3.05, 3.63) is 29.6 Å². The molecule has 0 bridgehead atoms. The normalized spacial score (nSPS) is 13.5. The number of alkyl halides is 3. The van der Waals surface area contributed by atoms with E-state index in [1.54, 1.807) is 6.92 Å². The molecular formula is C12H16F4N2. The minimum atomic E-state index is -4.33. The maximum atomic E-state index is 13.6. The monoisotopic (exact) mass is 264 g/mol. The summed E-state index contributed by atoms with van der Waals surface area (Å²) in [4.78, 5) is 0.987. The van der Waals surface area contributed by atoms with Crippen LogP contribution in [0.2, 0.25) is 0 Å². The van der Waals surface area contributed by atoms with Crippen molar-refractivity contribution in [3.8, 4) is 0 Å². The number of nitrogens with zero attached hydrogens (tertiary/aromatic N) is 1. The Morgan fingerprint density at radius 3 is 2.44 bits per heavy atom. The molecule has 1 unspecified atom stereocenters. The Hall–Kier alpha value is -1.30. The topological polar surface area (TPSA) is 29.3 Å². The SMILES string of the molecule is CC(N)Cc1c(F)cccc1N(C)CC(F)(F)F. The van der Waals surface area contributed by atoms with E-state index in [0.717, 1.165) is 4.90 Å². The van der Waals surface area contributed by atoms with Crippen molar-refractivity contribution in [2.45, 2.75) is 25.6 Å². The maximum absolute atomic E-state index is 13.6. The van der Waals surface area contributed by atoms with Gasteiger partial charge in [-0.25, -0.2) is 4.39 Å². The van der Waals surface area contributed by atoms with Gasteiger partial charge in [0.2, 0.25) is 0 Å². The Balaban J connectivity index is 3.03. The zero-order chi connectivity index (χ0) is 13.9. The number of hydrogen-bond donors (Lipinski definition) is 1. The third-order valence-electron chi connectivity index (χ3n) is 2.45. The number of benzene rings is 1. The van der Waals surface area contributed by atoms with Gasteiger partial charge in [-0.2, -0.15) is 13.2 Å². The first-order valence-electron chi connectivity index (χ1n) is 5.51. The Labute approximate surface area is 103 Å². The van der Waals surface area contributed by atoms with E-state index in [2.05, 4.69) is 0 Å². The van der Waals surface area contributed by atoms with Crippen LogP contribution in [-0.2, 0) is 6.42 Å². The smallest absolute Gasteiger partial charge is 0.365 e. The number of anilines is 1. The summed E-state index contributed by atoms with van der Waals surface area (Å²) in [7, 11) is 1.28. The van der Waals surface area contributed by atoms with Crippen LogP contribution in [0.3, 0.4) is 0 Å². The van der Waals surface area contributed by atoms with Gasteiger partial charge in [0.1, 0.15) is 12.4 Å². The molecule has 0 saturated carbocycles. The molecule has 0 spiro atoms. The lowest BCUT2D eigenvalue weighted by Gasteiger charge is -2.24. The molecule has 1 rings (SSSR count).